The van der Waals surface area contributed by atoms with Crippen molar-refractivity contribution in [3.05, 3.63) is 29.1 Å². The second kappa shape index (κ2) is 9.54. The zero-order valence-electron chi connectivity index (χ0n) is 18.5. The molecular formula is C22H24N2O8. The Morgan fingerprint density at radius 2 is 1.44 bits per heavy atom. The Balaban J connectivity index is 2.48. The third kappa shape index (κ3) is 3.91. The molecule has 10 nitrogen and oxygen atoms in total. The molecule has 0 atom stereocenters. The summed E-state index contributed by atoms with van der Waals surface area (Å²) in [5, 5.41) is 0.738. The van der Waals surface area contributed by atoms with E-state index in [0.717, 1.165) is 0 Å². The maximum atomic E-state index is 12.9. The van der Waals surface area contributed by atoms with Gasteiger partial charge in [0.25, 0.3) is 0 Å². The number of benzene rings is 1. The average Bonchev–Trinajstić information content (AvgIpc) is 3.23. The number of ether oxygens (including phenoxy) is 5. The first-order valence-electron chi connectivity index (χ1n) is 10.0. The lowest BCUT2D eigenvalue weighted by Crippen LogP contribution is -2.13. The van der Waals surface area contributed by atoms with Gasteiger partial charge in [-0.1, -0.05) is 0 Å². The molecule has 0 unspecified atom stereocenters. The first kappa shape index (κ1) is 22.9. The van der Waals surface area contributed by atoms with E-state index in [1.807, 2.05) is 0 Å². The van der Waals surface area contributed by atoms with Gasteiger partial charge in [-0.25, -0.2) is 19.4 Å². The van der Waals surface area contributed by atoms with Crippen LogP contribution in [0, 0.1) is 0 Å². The number of carbonyl (C=O) groups is 3. The molecule has 0 radical (unpaired) electrons. The van der Waals surface area contributed by atoms with Crippen LogP contribution in [0.2, 0.25) is 0 Å². The number of carbonyl (C=O) groups excluding carboxylic acids is 3. The molecule has 0 saturated heterocycles. The molecule has 1 N–H and O–H groups in total. The Labute approximate surface area is 183 Å². The molecule has 0 aliphatic heterocycles. The Morgan fingerprint density at radius 3 is 2.03 bits per heavy atom. The number of hydrogen-bond donors (Lipinski definition) is 1. The SMILES string of the molecule is CCOC(=O)c1cc2c(OC)c(OC)c3[nH]c(C(=O)OCC)cc(C(=O)OCC)c3c2n1. The van der Waals surface area contributed by atoms with Crippen LogP contribution in [0.5, 0.6) is 11.5 Å². The molecule has 0 aliphatic carbocycles. The van der Waals surface area contributed by atoms with Crippen LogP contribution in [0.15, 0.2) is 12.1 Å². The Kier molecular flexibility index (Phi) is 6.82. The smallest absolute Gasteiger partial charge is 0.356 e. The highest BCUT2D eigenvalue weighted by molar-refractivity contribution is 6.20. The van der Waals surface area contributed by atoms with E-state index in [1.165, 1.54) is 26.4 Å². The molecule has 0 saturated carbocycles. The monoisotopic (exact) mass is 444 g/mol. The lowest BCUT2D eigenvalue weighted by atomic mass is 10.0. The second-order valence-corrected chi connectivity index (χ2v) is 6.48. The topological polar surface area (TPSA) is 126 Å². The standard InChI is InChI=1S/C22H24N2O8/c1-6-30-20(25)11-9-13(21(26)31-7-2)24-17-15(11)16-12(18(28-4)19(17)29-5)10-14(23-16)22(27)32-8-3/h9-10,24H,6-8H2,1-5H3. The maximum Gasteiger partial charge on any atom is 0.356 e. The van der Waals surface area contributed by atoms with Gasteiger partial charge in [0.05, 0.1) is 50.6 Å². The zero-order chi connectivity index (χ0) is 23.4. The number of fused-ring (bicyclic) bond motifs is 3. The number of pyridine rings is 1. The first-order valence-corrected chi connectivity index (χ1v) is 10.0. The van der Waals surface area contributed by atoms with Crippen LogP contribution in [-0.2, 0) is 14.2 Å². The van der Waals surface area contributed by atoms with Crippen LogP contribution in [0.3, 0.4) is 0 Å². The van der Waals surface area contributed by atoms with Crippen molar-refractivity contribution in [1.82, 2.24) is 9.97 Å². The predicted molar refractivity (Wildman–Crippen MR) is 115 cm³/mol. The van der Waals surface area contributed by atoms with Gasteiger partial charge >= 0.3 is 17.9 Å². The molecule has 0 spiro atoms. The van der Waals surface area contributed by atoms with Gasteiger partial charge in [0.1, 0.15) is 11.4 Å². The normalized spacial score (nSPS) is 10.8. The lowest BCUT2D eigenvalue weighted by Gasteiger charge is -2.16. The number of rotatable bonds is 8. The summed E-state index contributed by atoms with van der Waals surface area (Å²) in [6, 6.07) is 2.84. The van der Waals surface area contributed by atoms with Crippen LogP contribution < -0.4 is 9.47 Å². The van der Waals surface area contributed by atoms with Crippen molar-refractivity contribution in [3.8, 4) is 11.5 Å². The minimum Gasteiger partial charge on any atom is -0.492 e. The zero-order valence-corrected chi connectivity index (χ0v) is 18.5. The molecule has 0 bridgehead atoms. The molecule has 3 aromatic rings. The van der Waals surface area contributed by atoms with Crippen molar-refractivity contribution in [2.45, 2.75) is 20.8 Å². The fourth-order valence-electron chi connectivity index (χ4n) is 3.41. The minimum atomic E-state index is -0.675. The van der Waals surface area contributed by atoms with E-state index in [4.69, 9.17) is 23.7 Å². The van der Waals surface area contributed by atoms with Gasteiger partial charge in [0, 0.05) is 10.8 Å². The summed E-state index contributed by atoms with van der Waals surface area (Å²) >= 11 is 0. The van der Waals surface area contributed by atoms with E-state index in [-0.39, 0.29) is 59.3 Å². The van der Waals surface area contributed by atoms with Crippen LogP contribution in [-0.4, -0.2) is 61.9 Å². The van der Waals surface area contributed by atoms with Crippen LogP contribution in [0.25, 0.3) is 21.8 Å². The number of nitrogens with one attached hydrogen (secondary N) is 1. The van der Waals surface area contributed by atoms with Gasteiger partial charge < -0.3 is 28.7 Å². The number of aromatic nitrogens is 2. The summed E-state index contributed by atoms with van der Waals surface area (Å²) < 4.78 is 26.4. The van der Waals surface area contributed by atoms with Gasteiger partial charge in [-0.05, 0) is 32.9 Å². The number of esters is 3. The number of hydrogen-bond acceptors (Lipinski definition) is 9. The van der Waals surface area contributed by atoms with Crippen molar-refractivity contribution in [2.75, 3.05) is 34.0 Å². The lowest BCUT2D eigenvalue weighted by molar-refractivity contribution is 0.0508. The number of methoxy groups -OCH3 is 2. The van der Waals surface area contributed by atoms with E-state index in [9.17, 15) is 14.4 Å². The molecule has 0 fully saturated rings. The maximum absolute atomic E-state index is 12.9. The fourth-order valence-corrected chi connectivity index (χ4v) is 3.41. The highest BCUT2D eigenvalue weighted by Gasteiger charge is 2.27. The van der Waals surface area contributed by atoms with Gasteiger partial charge in [-0.15, -0.1) is 0 Å². The summed E-state index contributed by atoms with van der Waals surface area (Å²) in [7, 11) is 2.85. The Bertz CT molecular complexity index is 1200. The van der Waals surface area contributed by atoms with Crippen molar-refractivity contribution >= 4 is 39.7 Å². The van der Waals surface area contributed by atoms with Crippen LogP contribution in [0.1, 0.15) is 52.1 Å². The van der Waals surface area contributed by atoms with Gasteiger partial charge in [0.2, 0.25) is 0 Å². The third-order valence-corrected chi connectivity index (χ3v) is 4.63. The van der Waals surface area contributed by atoms with E-state index in [1.54, 1.807) is 20.8 Å². The summed E-state index contributed by atoms with van der Waals surface area (Å²) in [5.41, 5.74) is 0.663. The Morgan fingerprint density at radius 1 is 0.844 bits per heavy atom. The number of nitrogens with zero attached hydrogens (tertiary/aromatic N) is 1. The molecule has 170 valence electrons. The third-order valence-electron chi connectivity index (χ3n) is 4.63. The summed E-state index contributed by atoms with van der Waals surface area (Å²) in [4.78, 5) is 45.0. The van der Waals surface area contributed by atoms with Gasteiger partial charge in [0.15, 0.2) is 11.5 Å². The molecule has 0 aliphatic rings. The molecule has 32 heavy (non-hydrogen) atoms. The second-order valence-electron chi connectivity index (χ2n) is 6.48. The molecule has 0 amide bonds. The van der Waals surface area contributed by atoms with E-state index < -0.39 is 17.9 Å². The molecule has 2 heterocycles. The van der Waals surface area contributed by atoms with Crippen molar-refractivity contribution in [1.29, 1.82) is 0 Å². The van der Waals surface area contributed by atoms with E-state index >= 15 is 0 Å². The summed E-state index contributed by atoms with van der Waals surface area (Å²) in [6.45, 7) is 5.46. The fraction of sp³-hybridized carbons (Fsp3) is 0.364. The first-order chi connectivity index (χ1) is 15.4. The average molecular weight is 444 g/mol. The summed E-state index contributed by atoms with van der Waals surface area (Å²) in [6.07, 6.45) is 0. The van der Waals surface area contributed by atoms with E-state index in [0.29, 0.717) is 10.8 Å². The number of H-pyrrole nitrogens is 1. The minimum absolute atomic E-state index is 0.0132. The van der Waals surface area contributed by atoms with Crippen molar-refractivity contribution in [2.24, 2.45) is 0 Å². The molecule has 3 rings (SSSR count). The summed E-state index contributed by atoms with van der Waals surface area (Å²) in [5.74, 6) is -1.47. The number of aromatic amines is 1. The van der Waals surface area contributed by atoms with E-state index in [2.05, 4.69) is 9.97 Å². The molecular weight excluding hydrogens is 420 g/mol. The highest BCUT2D eigenvalue weighted by atomic mass is 16.5. The largest absolute Gasteiger partial charge is 0.492 e. The van der Waals surface area contributed by atoms with Gasteiger partial charge in [-0.2, -0.15) is 0 Å². The van der Waals surface area contributed by atoms with Crippen molar-refractivity contribution in [3.63, 3.8) is 0 Å². The predicted octanol–water partition coefficient (Wildman–Crippen LogP) is 3.26. The Hall–Kier alpha value is -3.82. The molecule has 10 heteroatoms. The molecule has 2 aromatic heterocycles. The van der Waals surface area contributed by atoms with Gasteiger partial charge in [-0.3, -0.25) is 0 Å². The van der Waals surface area contributed by atoms with Crippen LogP contribution >= 0.6 is 0 Å². The van der Waals surface area contributed by atoms with Crippen LogP contribution in [0.4, 0.5) is 0 Å². The highest BCUT2D eigenvalue weighted by Crippen LogP contribution is 2.44. The molecule has 1 aromatic carbocycles. The quantitative estimate of drug-likeness (QED) is 0.411. The van der Waals surface area contributed by atoms with Crippen molar-refractivity contribution < 1.29 is 38.1 Å².